The summed E-state index contributed by atoms with van der Waals surface area (Å²) < 4.78 is 7.85. The minimum atomic E-state index is 0.0214. The molecule has 7 nitrogen and oxygen atoms in total. The van der Waals surface area contributed by atoms with Crippen LogP contribution in [0.5, 0.6) is 0 Å². The summed E-state index contributed by atoms with van der Waals surface area (Å²) in [6, 6.07) is 13.8. The van der Waals surface area contributed by atoms with Crippen molar-refractivity contribution in [2.45, 2.75) is 25.8 Å². The first-order chi connectivity index (χ1) is 17.6. The molecule has 0 spiro atoms. The molecule has 1 amide bonds. The van der Waals surface area contributed by atoms with E-state index in [9.17, 15) is 4.79 Å². The van der Waals surface area contributed by atoms with Crippen LogP contribution in [0.1, 0.15) is 18.4 Å². The number of anilines is 1. The number of benzene rings is 2. The number of carbonyl (C=O) groups excluding carboxylic acids is 1. The second-order valence-corrected chi connectivity index (χ2v) is 10.4. The van der Waals surface area contributed by atoms with E-state index in [-0.39, 0.29) is 11.8 Å². The number of rotatable bonds is 8. The Kier molecular flexibility index (Phi) is 8.32. The van der Waals surface area contributed by atoms with Crippen molar-refractivity contribution in [3.63, 3.8) is 0 Å². The van der Waals surface area contributed by atoms with E-state index in [0.29, 0.717) is 23.0 Å². The van der Waals surface area contributed by atoms with Crippen molar-refractivity contribution in [2.24, 2.45) is 5.92 Å². The van der Waals surface area contributed by atoms with E-state index < -0.39 is 0 Å². The summed E-state index contributed by atoms with van der Waals surface area (Å²) in [5, 5.41) is 4.36. The molecule has 0 atom stereocenters. The zero-order chi connectivity index (χ0) is 24.9. The van der Waals surface area contributed by atoms with E-state index in [1.807, 2.05) is 18.2 Å². The van der Waals surface area contributed by atoms with Crippen LogP contribution >= 0.6 is 23.2 Å². The zero-order valence-electron chi connectivity index (χ0n) is 20.5. The minimum absolute atomic E-state index is 0.0214. The zero-order valence-corrected chi connectivity index (χ0v) is 22.0. The summed E-state index contributed by atoms with van der Waals surface area (Å²) in [7, 11) is 0. The van der Waals surface area contributed by atoms with Gasteiger partial charge in [-0.1, -0.05) is 41.4 Å². The lowest BCUT2D eigenvalue weighted by Crippen LogP contribution is -2.42. The molecule has 3 heterocycles. The lowest BCUT2D eigenvalue weighted by Gasteiger charge is -2.33. The molecule has 0 aliphatic carbocycles. The van der Waals surface area contributed by atoms with Crippen molar-refractivity contribution in [3.05, 3.63) is 58.1 Å². The number of hydrogen-bond acceptors (Lipinski definition) is 5. The highest BCUT2D eigenvalue weighted by molar-refractivity contribution is 6.35. The predicted molar refractivity (Wildman–Crippen MR) is 145 cm³/mol. The van der Waals surface area contributed by atoms with Crippen LogP contribution in [0.4, 0.5) is 5.95 Å². The van der Waals surface area contributed by atoms with Gasteiger partial charge in [-0.05, 0) is 49.1 Å². The summed E-state index contributed by atoms with van der Waals surface area (Å²) in [6.45, 7) is 7.65. The van der Waals surface area contributed by atoms with Gasteiger partial charge in [0.05, 0.1) is 24.2 Å². The van der Waals surface area contributed by atoms with Gasteiger partial charge in [-0.2, -0.15) is 0 Å². The normalized spacial score (nSPS) is 17.6. The molecule has 1 N–H and O–H groups in total. The fraction of sp³-hybridized carbons (Fsp3) is 0.481. The number of halogens is 2. The number of piperidine rings is 1. The topological polar surface area (TPSA) is 62.6 Å². The Morgan fingerprint density at radius 1 is 1.03 bits per heavy atom. The molecule has 0 saturated carbocycles. The second kappa shape index (κ2) is 11.8. The molecule has 36 heavy (non-hydrogen) atoms. The van der Waals surface area contributed by atoms with Crippen molar-refractivity contribution in [3.8, 4) is 0 Å². The number of ether oxygens (including phenoxy) is 1. The Hall–Kier alpha value is -2.32. The number of nitrogens with one attached hydrogen (secondary N) is 1. The van der Waals surface area contributed by atoms with E-state index in [1.165, 1.54) is 5.52 Å². The molecule has 0 bridgehead atoms. The minimum Gasteiger partial charge on any atom is -0.379 e. The fourth-order valence-electron chi connectivity index (χ4n) is 5.12. The van der Waals surface area contributed by atoms with Gasteiger partial charge in [0.25, 0.3) is 0 Å². The molecule has 2 aliphatic heterocycles. The van der Waals surface area contributed by atoms with Crippen molar-refractivity contribution >= 4 is 46.1 Å². The summed E-state index contributed by atoms with van der Waals surface area (Å²) >= 11 is 12.2. The van der Waals surface area contributed by atoms with Gasteiger partial charge >= 0.3 is 0 Å². The number of fused-ring (bicyclic) bond motifs is 1. The lowest BCUT2D eigenvalue weighted by atomic mass is 9.96. The van der Waals surface area contributed by atoms with Crippen LogP contribution < -0.4 is 10.2 Å². The Bertz CT molecular complexity index is 1190. The first kappa shape index (κ1) is 25.3. The van der Waals surface area contributed by atoms with Crippen LogP contribution in [0, 0.1) is 5.92 Å². The number of nitrogens with zero attached hydrogens (tertiary/aromatic N) is 4. The van der Waals surface area contributed by atoms with Crippen LogP contribution in [0.25, 0.3) is 11.0 Å². The molecular formula is C27H33Cl2N5O2. The van der Waals surface area contributed by atoms with Crippen molar-refractivity contribution in [2.75, 3.05) is 57.4 Å². The van der Waals surface area contributed by atoms with Gasteiger partial charge in [0.1, 0.15) is 0 Å². The SMILES string of the molecule is O=C(NCCc1ccc(Cl)cc1Cl)C1CCN(c2nc3ccccc3n2CCN2CCOCC2)CC1. The highest BCUT2D eigenvalue weighted by Gasteiger charge is 2.27. The Labute approximate surface area is 222 Å². The number of hydrogen-bond donors (Lipinski definition) is 1. The summed E-state index contributed by atoms with van der Waals surface area (Å²) in [5.41, 5.74) is 3.18. The number of morpholine rings is 1. The largest absolute Gasteiger partial charge is 0.379 e. The van der Waals surface area contributed by atoms with E-state index in [2.05, 4.69) is 37.9 Å². The Morgan fingerprint density at radius 2 is 1.81 bits per heavy atom. The summed E-state index contributed by atoms with van der Waals surface area (Å²) in [5.74, 6) is 1.16. The molecule has 192 valence electrons. The quantitative estimate of drug-likeness (QED) is 0.472. The summed E-state index contributed by atoms with van der Waals surface area (Å²) in [4.78, 5) is 22.6. The maximum atomic E-state index is 12.8. The first-order valence-electron chi connectivity index (χ1n) is 12.8. The fourth-order valence-corrected chi connectivity index (χ4v) is 5.62. The Morgan fingerprint density at radius 3 is 2.58 bits per heavy atom. The van der Waals surface area contributed by atoms with Gasteiger partial charge in [-0.25, -0.2) is 4.98 Å². The number of amides is 1. The Balaban J connectivity index is 1.17. The van der Waals surface area contributed by atoms with Crippen LogP contribution in [0.3, 0.4) is 0 Å². The molecule has 2 saturated heterocycles. The van der Waals surface area contributed by atoms with E-state index in [0.717, 1.165) is 82.4 Å². The number of aromatic nitrogens is 2. The highest BCUT2D eigenvalue weighted by Crippen LogP contribution is 2.27. The van der Waals surface area contributed by atoms with E-state index in [4.69, 9.17) is 32.9 Å². The van der Waals surface area contributed by atoms with Crippen LogP contribution in [0.15, 0.2) is 42.5 Å². The third-order valence-electron chi connectivity index (χ3n) is 7.24. The van der Waals surface area contributed by atoms with Gasteiger partial charge in [-0.15, -0.1) is 0 Å². The maximum Gasteiger partial charge on any atom is 0.223 e. The molecule has 2 aromatic carbocycles. The molecule has 9 heteroatoms. The van der Waals surface area contributed by atoms with Gasteiger partial charge in [-0.3, -0.25) is 9.69 Å². The molecule has 2 aliphatic rings. The number of carbonyl (C=O) groups is 1. The maximum absolute atomic E-state index is 12.8. The van der Waals surface area contributed by atoms with Gasteiger partial charge in [0.15, 0.2) is 0 Å². The number of para-hydroxylation sites is 2. The molecule has 0 unspecified atom stereocenters. The van der Waals surface area contributed by atoms with Crippen LogP contribution in [-0.4, -0.2) is 72.8 Å². The van der Waals surface area contributed by atoms with Crippen molar-refractivity contribution < 1.29 is 9.53 Å². The van der Waals surface area contributed by atoms with Gasteiger partial charge < -0.3 is 19.5 Å². The molecule has 5 rings (SSSR count). The lowest BCUT2D eigenvalue weighted by molar-refractivity contribution is -0.125. The smallest absolute Gasteiger partial charge is 0.223 e. The average molecular weight is 531 g/mol. The standard InChI is InChI=1S/C27H33Cl2N5O2/c28-22-6-5-20(23(29)19-22)7-10-30-26(35)21-8-11-33(12-9-21)27-31-24-3-1-2-4-25(24)34(27)14-13-32-15-17-36-18-16-32/h1-6,19,21H,7-18H2,(H,30,35). The van der Waals surface area contributed by atoms with Crippen LogP contribution in [0.2, 0.25) is 10.0 Å². The second-order valence-electron chi connectivity index (χ2n) is 9.54. The van der Waals surface area contributed by atoms with Crippen molar-refractivity contribution in [1.82, 2.24) is 19.8 Å². The van der Waals surface area contributed by atoms with Gasteiger partial charge in [0, 0.05) is 61.8 Å². The molecule has 2 fully saturated rings. The predicted octanol–water partition coefficient (Wildman–Crippen LogP) is 4.25. The third kappa shape index (κ3) is 5.97. The summed E-state index contributed by atoms with van der Waals surface area (Å²) in [6.07, 6.45) is 2.33. The van der Waals surface area contributed by atoms with E-state index >= 15 is 0 Å². The van der Waals surface area contributed by atoms with Crippen LogP contribution in [-0.2, 0) is 22.5 Å². The molecular weight excluding hydrogens is 497 g/mol. The molecule has 0 radical (unpaired) electrons. The average Bonchev–Trinajstić information content (AvgIpc) is 3.28. The van der Waals surface area contributed by atoms with Crippen molar-refractivity contribution in [1.29, 1.82) is 0 Å². The van der Waals surface area contributed by atoms with E-state index in [1.54, 1.807) is 6.07 Å². The molecule has 3 aromatic rings. The first-order valence-corrected chi connectivity index (χ1v) is 13.6. The van der Waals surface area contributed by atoms with Gasteiger partial charge in [0.2, 0.25) is 11.9 Å². The monoisotopic (exact) mass is 529 g/mol. The highest BCUT2D eigenvalue weighted by atomic mass is 35.5. The molecule has 1 aromatic heterocycles. The third-order valence-corrected chi connectivity index (χ3v) is 7.82. The number of imidazole rings is 1.